The second-order valence-electron chi connectivity index (χ2n) is 13.8. The third-order valence-electron chi connectivity index (χ3n) is 9.56. The standard InChI is InChI=1S/C40H48F2N2O8S2/c1-30-18-21-36-31(27-30)19-20-33(43(36)23-12-14-26-54(50,51)52)15-7-4-3-5-8-16-37-40(2,22-10-13-25-53(47,48)49)34-28-32(41)29-35(42)39(34)44(37)24-11-6-9-17-38(45)46/h3-5,7-8,15-16,18-21,27-29H,6,9-14,17,22-26H2,1-2H3,(H2-,45,46,47,48,49,50,51,52). The number of benzene rings is 2. The zero-order valence-corrected chi connectivity index (χ0v) is 32.2. The highest BCUT2D eigenvalue weighted by molar-refractivity contribution is 7.85. The number of aryl methyl sites for hydroxylation is 1. The lowest BCUT2D eigenvalue weighted by Crippen LogP contribution is -2.31. The van der Waals surface area contributed by atoms with Crippen LogP contribution >= 0.6 is 0 Å². The van der Waals surface area contributed by atoms with Gasteiger partial charge in [0.25, 0.3) is 10.1 Å². The molecule has 2 aromatic carbocycles. The molecular formula is C40H48F2N2O8S2. The average Bonchev–Trinajstić information content (AvgIpc) is 3.30. The fourth-order valence-electron chi connectivity index (χ4n) is 6.97. The molecule has 1 atom stereocenters. The van der Waals surface area contributed by atoms with Crippen molar-refractivity contribution in [3.05, 3.63) is 113 Å². The third-order valence-corrected chi connectivity index (χ3v) is 11.2. The van der Waals surface area contributed by atoms with E-state index in [1.165, 1.54) is 6.07 Å². The first-order valence-corrected chi connectivity index (χ1v) is 21.2. The zero-order chi connectivity index (χ0) is 39.5. The molecule has 10 nitrogen and oxygen atoms in total. The Hall–Kier alpha value is -4.24. The molecule has 0 spiro atoms. The Balaban J connectivity index is 1.58. The maximum absolute atomic E-state index is 15.5. The maximum atomic E-state index is 15.5. The highest BCUT2D eigenvalue weighted by atomic mass is 32.2. The number of allylic oxidation sites excluding steroid dienone is 8. The largest absolute Gasteiger partial charge is 0.748 e. The van der Waals surface area contributed by atoms with E-state index in [1.54, 1.807) is 16.7 Å². The van der Waals surface area contributed by atoms with Crippen molar-refractivity contribution in [2.75, 3.05) is 29.5 Å². The van der Waals surface area contributed by atoms with E-state index in [9.17, 15) is 35.1 Å². The van der Waals surface area contributed by atoms with Crippen LogP contribution < -0.4 is 4.90 Å². The number of rotatable bonds is 20. The number of fused-ring (bicyclic) bond motifs is 2. The summed E-state index contributed by atoms with van der Waals surface area (Å²) in [4.78, 5) is 13.1. The first-order valence-electron chi connectivity index (χ1n) is 18.0. The number of aliphatic carboxylic acids is 1. The quantitative estimate of drug-likeness (QED) is 0.0594. The molecule has 0 aromatic heterocycles. The van der Waals surface area contributed by atoms with Gasteiger partial charge in [-0.15, -0.1) is 0 Å². The van der Waals surface area contributed by atoms with E-state index in [0.29, 0.717) is 62.9 Å². The van der Waals surface area contributed by atoms with Crippen LogP contribution in [0.4, 0.5) is 20.2 Å². The minimum Gasteiger partial charge on any atom is -0.748 e. The Morgan fingerprint density at radius 3 is 2.35 bits per heavy atom. The number of carboxylic acid groups (broad SMARTS) is 1. The molecule has 0 bridgehead atoms. The van der Waals surface area contributed by atoms with Gasteiger partial charge in [-0.3, -0.25) is 9.35 Å². The molecule has 2 N–H and O–H groups in total. The first kappa shape index (κ1) is 42.5. The minimum absolute atomic E-state index is 0.0172. The molecule has 4 rings (SSSR count). The molecule has 14 heteroatoms. The van der Waals surface area contributed by atoms with Gasteiger partial charge in [0.1, 0.15) is 12.4 Å². The Kier molecular flexibility index (Phi) is 14.9. The van der Waals surface area contributed by atoms with Crippen LogP contribution in [-0.4, -0.2) is 71.9 Å². The van der Waals surface area contributed by atoms with Gasteiger partial charge in [0.2, 0.25) is 5.69 Å². The minimum atomic E-state index is -4.29. The van der Waals surface area contributed by atoms with Crippen molar-refractivity contribution < 1.29 is 49.2 Å². The van der Waals surface area contributed by atoms with Crippen molar-refractivity contribution >= 4 is 49.4 Å². The Labute approximate surface area is 317 Å². The van der Waals surface area contributed by atoms with Gasteiger partial charge < -0.3 is 14.6 Å². The molecular weight excluding hydrogens is 739 g/mol. The monoisotopic (exact) mass is 786 g/mol. The topological polar surface area (TPSA) is 155 Å². The summed E-state index contributed by atoms with van der Waals surface area (Å²) >= 11 is 0. The summed E-state index contributed by atoms with van der Waals surface area (Å²) in [5.74, 6) is -3.20. The third kappa shape index (κ3) is 12.1. The fourth-order valence-corrected chi connectivity index (χ4v) is 8.09. The van der Waals surface area contributed by atoms with Gasteiger partial charge >= 0.3 is 5.97 Å². The average molecular weight is 787 g/mol. The summed E-state index contributed by atoms with van der Waals surface area (Å²) < 4.78 is 97.3. The smallest absolute Gasteiger partial charge is 0.303 e. The molecule has 0 radical (unpaired) electrons. The number of nitrogens with zero attached hydrogens (tertiary/aromatic N) is 2. The molecule has 0 saturated heterocycles. The van der Waals surface area contributed by atoms with Crippen molar-refractivity contribution in [1.29, 1.82) is 0 Å². The van der Waals surface area contributed by atoms with E-state index >= 15 is 4.39 Å². The Morgan fingerprint density at radius 2 is 1.63 bits per heavy atom. The SMILES string of the molecule is Cc1ccc2c(c1)C=C\C(=C/C=C/C=C/C=C/C1=[N+](CCCCCC(=O)O)c3c(F)cc(F)cc3C1(C)CCCCS(=O)(=O)O)N2CCCCS(=O)(=O)[O-]. The molecule has 0 aliphatic carbocycles. The number of hydrogen-bond acceptors (Lipinski definition) is 7. The first-order chi connectivity index (χ1) is 25.5. The summed E-state index contributed by atoms with van der Waals surface area (Å²) in [6.45, 7) is 4.74. The highest BCUT2D eigenvalue weighted by Gasteiger charge is 2.49. The van der Waals surface area contributed by atoms with Gasteiger partial charge in [-0.25, -0.2) is 12.8 Å². The van der Waals surface area contributed by atoms with Crippen molar-refractivity contribution in [3.63, 3.8) is 0 Å². The maximum Gasteiger partial charge on any atom is 0.303 e. The number of carboxylic acids is 1. The molecule has 2 heterocycles. The Bertz CT molecular complexity index is 2100. The summed E-state index contributed by atoms with van der Waals surface area (Å²) in [6, 6.07) is 8.23. The Morgan fingerprint density at radius 1 is 0.907 bits per heavy atom. The normalized spacial score (nSPS) is 18.2. The van der Waals surface area contributed by atoms with Crippen LogP contribution in [0.3, 0.4) is 0 Å². The van der Waals surface area contributed by atoms with E-state index in [1.807, 2.05) is 68.5 Å². The molecule has 292 valence electrons. The lowest BCUT2D eigenvalue weighted by atomic mass is 9.75. The molecule has 0 fully saturated rings. The van der Waals surface area contributed by atoms with Crippen LogP contribution in [0, 0.1) is 18.6 Å². The summed E-state index contributed by atoms with van der Waals surface area (Å²) in [6.07, 6.45) is 20.1. The van der Waals surface area contributed by atoms with E-state index in [4.69, 9.17) is 5.11 Å². The molecule has 54 heavy (non-hydrogen) atoms. The van der Waals surface area contributed by atoms with Crippen molar-refractivity contribution in [1.82, 2.24) is 0 Å². The molecule has 0 saturated carbocycles. The summed E-state index contributed by atoms with van der Waals surface area (Å²) in [7, 11) is -8.46. The summed E-state index contributed by atoms with van der Waals surface area (Å²) in [5, 5.41) is 9.03. The predicted molar refractivity (Wildman–Crippen MR) is 207 cm³/mol. The van der Waals surface area contributed by atoms with E-state index in [2.05, 4.69) is 11.0 Å². The molecule has 1 unspecified atom stereocenters. The molecule has 0 amide bonds. The summed E-state index contributed by atoms with van der Waals surface area (Å²) in [5.41, 5.74) is 4.46. The van der Waals surface area contributed by atoms with Crippen LogP contribution in [0.5, 0.6) is 0 Å². The second-order valence-corrected chi connectivity index (χ2v) is 16.9. The van der Waals surface area contributed by atoms with Gasteiger partial charge in [0.15, 0.2) is 11.5 Å². The van der Waals surface area contributed by atoms with Crippen LogP contribution in [0.2, 0.25) is 0 Å². The lowest BCUT2D eigenvalue weighted by molar-refractivity contribution is -0.440. The van der Waals surface area contributed by atoms with Gasteiger partial charge in [0.05, 0.1) is 21.3 Å². The number of hydrogen-bond donors (Lipinski definition) is 2. The van der Waals surface area contributed by atoms with Crippen molar-refractivity contribution in [3.8, 4) is 0 Å². The van der Waals surface area contributed by atoms with Crippen LogP contribution in [0.15, 0.2) is 84.6 Å². The van der Waals surface area contributed by atoms with Crippen LogP contribution in [0.25, 0.3) is 6.08 Å². The van der Waals surface area contributed by atoms with Gasteiger partial charge in [0, 0.05) is 54.2 Å². The van der Waals surface area contributed by atoms with Crippen molar-refractivity contribution in [2.24, 2.45) is 0 Å². The zero-order valence-electron chi connectivity index (χ0n) is 30.6. The van der Waals surface area contributed by atoms with Crippen molar-refractivity contribution in [2.45, 2.75) is 77.0 Å². The number of carbonyl (C=O) groups is 1. The second kappa shape index (κ2) is 18.9. The highest BCUT2D eigenvalue weighted by Crippen LogP contribution is 2.45. The lowest BCUT2D eigenvalue weighted by Gasteiger charge is -2.31. The van der Waals surface area contributed by atoms with Crippen LogP contribution in [-0.2, 0) is 30.4 Å². The molecule has 2 aliphatic rings. The molecule has 2 aliphatic heterocycles. The van der Waals surface area contributed by atoms with Crippen LogP contribution in [0.1, 0.15) is 81.4 Å². The van der Waals surface area contributed by atoms with Gasteiger partial charge in [-0.1, -0.05) is 54.5 Å². The van der Waals surface area contributed by atoms with E-state index < -0.39 is 54.8 Å². The number of unbranched alkanes of at least 4 members (excludes halogenated alkanes) is 4. The van der Waals surface area contributed by atoms with E-state index in [0.717, 1.165) is 28.6 Å². The number of halogens is 2. The predicted octanol–water partition coefficient (Wildman–Crippen LogP) is 7.74. The number of anilines is 1. The van der Waals surface area contributed by atoms with Gasteiger partial charge in [-0.05, 0) is 88.3 Å². The van der Waals surface area contributed by atoms with Gasteiger partial charge in [-0.2, -0.15) is 17.4 Å². The fraction of sp³-hybridized carbons (Fsp3) is 0.400. The molecule has 2 aromatic rings. The van der Waals surface area contributed by atoms with E-state index in [-0.39, 0.29) is 24.9 Å².